The maximum absolute atomic E-state index is 4.72. The number of benzene rings is 1. The summed E-state index contributed by atoms with van der Waals surface area (Å²) < 4.78 is 5.84. The van der Waals surface area contributed by atoms with Crippen molar-refractivity contribution in [3.63, 3.8) is 0 Å². The molecule has 2 heterocycles. The van der Waals surface area contributed by atoms with Crippen LogP contribution < -0.4 is 0 Å². The fourth-order valence-electron chi connectivity index (χ4n) is 1.84. The third-order valence-corrected chi connectivity index (χ3v) is 6.86. The first-order chi connectivity index (χ1) is 8.16. The fourth-order valence-corrected chi connectivity index (χ4v) is 6.07. The molecule has 0 fully saturated rings. The number of nitrogens with zero attached hydrogens (tertiary/aromatic N) is 2. The van der Waals surface area contributed by atoms with Gasteiger partial charge in [-0.05, 0) is 0 Å². The van der Waals surface area contributed by atoms with Crippen molar-refractivity contribution < 1.29 is 0 Å². The van der Waals surface area contributed by atoms with Gasteiger partial charge in [-0.1, -0.05) is 0 Å². The molecule has 2 nitrogen and oxygen atoms in total. The second-order valence-electron chi connectivity index (χ2n) is 3.71. The molecular formula is C12H8Br2N2Se. The average Bonchev–Trinajstić information content (AvgIpc) is 2.80. The van der Waals surface area contributed by atoms with E-state index < -0.39 is 0 Å². The molecule has 0 amide bonds. The average molecular weight is 419 g/mol. The molecule has 0 unspecified atom stereocenters. The van der Waals surface area contributed by atoms with Gasteiger partial charge in [-0.2, -0.15) is 0 Å². The molecule has 0 N–H and O–H groups in total. The van der Waals surface area contributed by atoms with Crippen molar-refractivity contribution in [2.75, 3.05) is 0 Å². The van der Waals surface area contributed by atoms with Gasteiger partial charge in [0.15, 0.2) is 0 Å². The van der Waals surface area contributed by atoms with E-state index in [0.29, 0.717) is 14.5 Å². The molecule has 17 heavy (non-hydrogen) atoms. The molecule has 5 heteroatoms. The number of aromatic nitrogens is 2. The summed E-state index contributed by atoms with van der Waals surface area (Å²) in [4.78, 5) is 4.72. The van der Waals surface area contributed by atoms with Crippen LogP contribution in [0.2, 0.25) is 0 Å². The molecule has 0 aliphatic heterocycles. The molecule has 3 aromatic rings. The molecule has 0 bridgehead atoms. The number of hydrogen-bond donors (Lipinski definition) is 0. The van der Waals surface area contributed by atoms with Crippen molar-refractivity contribution in [1.82, 2.24) is 9.55 Å². The van der Waals surface area contributed by atoms with Crippen LogP contribution in [0, 0.1) is 0 Å². The molecule has 2 aromatic heterocycles. The zero-order valence-corrected chi connectivity index (χ0v) is 13.8. The van der Waals surface area contributed by atoms with Gasteiger partial charge >= 0.3 is 122 Å². The molecule has 0 saturated carbocycles. The van der Waals surface area contributed by atoms with Crippen LogP contribution in [-0.2, 0) is 7.05 Å². The van der Waals surface area contributed by atoms with Crippen LogP contribution in [-0.4, -0.2) is 24.1 Å². The van der Waals surface area contributed by atoms with Gasteiger partial charge in [-0.25, -0.2) is 0 Å². The summed E-state index contributed by atoms with van der Waals surface area (Å²) in [7, 11) is 2.07. The number of aryl methyl sites for hydroxylation is 1. The molecule has 86 valence electrons. The van der Waals surface area contributed by atoms with E-state index in [1.807, 2.05) is 12.1 Å². The molecule has 0 aliphatic carbocycles. The Balaban J connectivity index is 2.31. The number of hydrogen-bond acceptors (Lipinski definition) is 1. The summed E-state index contributed by atoms with van der Waals surface area (Å²) in [5.74, 6) is 1.06. The first-order valence-corrected chi connectivity index (χ1v) is 8.33. The van der Waals surface area contributed by atoms with Gasteiger partial charge in [0, 0.05) is 0 Å². The van der Waals surface area contributed by atoms with Crippen LogP contribution >= 0.6 is 31.9 Å². The summed E-state index contributed by atoms with van der Waals surface area (Å²) in [6.07, 6.45) is 0. The summed E-state index contributed by atoms with van der Waals surface area (Å²) in [6.45, 7) is 0. The SMILES string of the molecule is Cn1c(-c2[se]c(Br)cc2Br)nc2ccccc21. The Hall–Kier alpha value is -0.351. The topological polar surface area (TPSA) is 17.8 Å². The fraction of sp³-hybridized carbons (Fsp3) is 0.0833. The number of para-hydroxylation sites is 2. The summed E-state index contributed by atoms with van der Waals surface area (Å²) in [5, 5.41) is 0. The van der Waals surface area contributed by atoms with E-state index >= 15 is 0 Å². The first kappa shape index (κ1) is 11.7. The monoisotopic (exact) mass is 418 g/mol. The quantitative estimate of drug-likeness (QED) is 0.549. The molecule has 0 spiro atoms. The van der Waals surface area contributed by atoms with Crippen LogP contribution in [0.3, 0.4) is 0 Å². The zero-order chi connectivity index (χ0) is 12.0. The maximum atomic E-state index is 4.72. The van der Waals surface area contributed by atoms with Gasteiger partial charge < -0.3 is 0 Å². The molecular weight excluding hydrogens is 411 g/mol. The minimum absolute atomic E-state index is 0.313. The Morgan fingerprint density at radius 1 is 1.24 bits per heavy atom. The Morgan fingerprint density at radius 3 is 2.65 bits per heavy atom. The van der Waals surface area contributed by atoms with Crippen LogP contribution in [0.15, 0.2) is 38.2 Å². The van der Waals surface area contributed by atoms with Crippen molar-refractivity contribution in [3.8, 4) is 10.3 Å². The van der Waals surface area contributed by atoms with Crippen LogP contribution in [0.5, 0.6) is 0 Å². The van der Waals surface area contributed by atoms with Crippen molar-refractivity contribution in [1.29, 1.82) is 0 Å². The predicted molar refractivity (Wildman–Crippen MR) is 78.5 cm³/mol. The summed E-state index contributed by atoms with van der Waals surface area (Å²) in [6, 6.07) is 10.3. The van der Waals surface area contributed by atoms with E-state index in [-0.39, 0.29) is 0 Å². The van der Waals surface area contributed by atoms with Gasteiger partial charge in [0.05, 0.1) is 0 Å². The van der Waals surface area contributed by atoms with Crippen LogP contribution in [0.1, 0.15) is 0 Å². The van der Waals surface area contributed by atoms with E-state index in [1.165, 1.54) is 13.3 Å². The zero-order valence-electron chi connectivity index (χ0n) is 8.95. The molecule has 0 radical (unpaired) electrons. The second-order valence-corrected chi connectivity index (χ2v) is 8.81. The van der Waals surface area contributed by atoms with E-state index in [2.05, 4.69) is 61.7 Å². The standard InChI is InChI=1S/C12H8Br2N2Se/c1-16-9-5-3-2-4-8(9)15-12(16)11-7(13)6-10(14)17-11/h2-6H,1H3. The van der Waals surface area contributed by atoms with Crippen molar-refractivity contribution in [3.05, 3.63) is 38.2 Å². The Labute approximate surface area is 122 Å². The Bertz CT molecular complexity index is 700. The van der Waals surface area contributed by atoms with Crippen molar-refractivity contribution in [2.24, 2.45) is 7.05 Å². The molecule has 1 aromatic carbocycles. The Kier molecular flexibility index (Phi) is 3.03. The van der Waals surface area contributed by atoms with E-state index in [1.54, 1.807) is 0 Å². The normalized spacial score (nSPS) is 11.2. The number of imidazole rings is 1. The van der Waals surface area contributed by atoms with Crippen molar-refractivity contribution >= 4 is 57.4 Å². The summed E-state index contributed by atoms with van der Waals surface area (Å²) in [5.41, 5.74) is 2.23. The van der Waals surface area contributed by atoms with Gasteiger partial charge in [-0.3, -0.25) is 0 Å². The third kappa shape index (κ3) is 1.95. The number of rotatable bonds is 1. The minimum atomic E-state index is 0.313. The van der Waals surface area contributed by atoms with Gasteiger partial charge in [0.2, 0.25) is 0 Å². The molecule has 3 rings (SSSR count). The van der Waals surface area contributed by atoms with Crippen molar-refractivity contribution in [2.45, 2.75) is 0 Å². The first-order valence-electron chi connectivity index (χ1n) is 5.03. The van der Waals surface area contributed by atoms with E-state index in [0.717, 1.165) is 15.8 Å². The third-order valence-electron chi connectivity index (χ3n) is 2.65. The van der Waals surface area contributed by atoms with Gasteiger partial charge in [0.1, 0.15) is 0 Å². The molecule has 0 aliphatic rings. The molecule has 0 saturated heterocycles. The van der Waals surface area contributed by atoms with Crippen LogP contribution in [0.25, 0.3) is 21.3 Å². The van der Waals surface area contributed by atoms with E-state index in [9.17, 15) is 0 Å². The van der Waals surface area contributed by atoms with Gasteiger partial charge in [-0.15, -0.1) is 0 Å². The van der Waals surface area contributed by atoms with E-state index in [4.69, 9.17) is 4.98 Å². The number of fused-ring (bicyclic) bond motifs is 1. The van der Waals surface area contributed by atoms with Gasteiger partial charge in [0.25, 0.3) is 0 Å². The number of halogens is 2. The predicted octanol–water partition coefficient (Wildman–Crippen LogP) is 3.82. The second kappa shape index (κ2) is 4.39. The Morgan fingerprint density at radius 2 is 2.00 bits per heavy atom. The van der Waals surface area contributed by atoms with Crippen LogP contribution in [0.4, 0.5) is 0 Å². The summed E-state index contributed by atoms with van der Waals surface area (Å²) >= 11 is 7.49. The molecule has 0 atom stereocenters.